The molecule has 6 heteroatoms. The van der Waals surface area contributed by atoms with E-state index < -0.39 is 10.0 Å². The number of sulfonamides is 1. The first-order valence-electron chi connectivity index (χ1n) is 10.8. The lowest BCUT2D eigenvalue weighted by atomic mass is 9.96. The molecule has 0 saturated carbocycles. The van der Waals surface area contributed by atoms with Crippen molar-refractivity contribution in [2.24, 2.45) is 5.92 Å². The molecule has 0 aromatic heterocycles. The lowest BCUT2D eigenvalue weighted by molar-refractivity contribution is 0.0948. The number of fused-ring (bicyclic) bond motifs is 1. The highest BCUT2D eigenvalue weighted by Gasteiger charge is 2.26. The van der Waals surface area contributed by atoms with Crippen molar-refractivity contribution in [1.82, 2.24) is 5.32 Å². The zero-order valence-corrected chi connectivity index (χ0v) is 18.6. The normalized spacial score (nSPS) is 16.7. The van der Waals surface area contributed by atoms with E-state index in [1.807, 2.05) is 6.07 Å². The number of amides is 1. The lowest BCUT2D eigenvalue weighted by Crippen LogP contribution is -2.37. The van der Waals surface area contributed by atoms with E-state index in [-0.39, 0.29) is 17.6 Å². The number of benzene rings is 3. The van der Waals surface area contributed by atoms with E-state index >= 15 is 0 Å². The Morgan fingerprint density at radius 1 is 1.00 bits per heavy atom. The lowest BCUT2D eigenvalue weighted by Gasteiger charge is -2.28. The molecule has 1 aliphatic rings. The van der Waals surface area contributed by atoms with Crippen molar-refractivity contribution >= 4 is 32.4 Å². The van der Waals surface area contributed by atoms with Crippen molar-refractivity contribution in [3.8, 4) is 0 Å². The second-order valence-electron chi connectivity index (χ2n) is 8.30. The smallest absolute Gasteiger partial charge is 0.251 e. The summed E-state index contributed by atoms with van der Waals surface area (Å²) >= 11 is 0. The molecule has 0 bridgehead atoms. The average Bonchev–Trinajstić information content (AvgIpc) is 2.78. The van der Waals surface area contributed by atoms with Crippen molar-refractivity contribution in [2.75, 3.05) is 23.1 Å². The van der Waals surface area contributed by atoms with Crippen LogP contribution in [0.25, 0.3) is 10.8 Å². The molecule has 1 heterocycles. The number of carbonyl (C=O) groups is 1. The fourth-order valence-electron chi connectivity index (χ4n) is 4.14. The van der Waals surface area contributed by atoms with Gasteiger partial charge in [0.05, 0.1) is 11.4 Å². The largest absolute Gasteiger partial charge is 0.352 e. The quantitative estimate of drug-likeness (QED) is 0.624. The third kappa shape index (κ3) is 4.90. The van der Waals surface area contributed by atoms with Crippen LogP contribution in [0.1, 0.15) is 35.7 Å². The summed E-state index contributed by atoms with van der Waals surface area (Å²) in [5.41, 5.74) is 2.45. The maximum absolute atomic E-state index is 12.6. The van der Waals surface area contributed by atoms with Crippen LogP contribution in [0.15, 0.2) is 66.7 Å². The van der Waals surface area contributed by atoms with Crippen LogP contribution < -0.4 is 9.62 Å². The van der Waals surface area contributed by atoms with Crippen LogP contribution in [0.3, 0.4) is 0 Å². The van der Waals surface area contributed by atoms with Gasteiger partial charge in [-0.3, -0.25) is 9.10 Å². The number of rotatable bonds is 6. The van der Waals surface area contributed by atoms with Gasteiger partial charge < -0.3 is 5.32 Å². The molecular weight excluding hydrogens is 408 g/mol. The number of hydrogen-bond acceptors (Lipinski definition) is 3. The zero-order chi connectivity index (χ0) is 21.8. The van der Waals surface area contributed by atoms with Gasteiger partial charge in [0.1, 0.15) is 0 Å². The predicted octanol–water partition coefficient (Wildman–Crippen LogP) is 4.38. The molecule has 4 rings (SSSR count). The monoisotopic (exact) mass is 436 g/mol. The fourth-order valence-corrected chi connectivity index (χ4v) is 5.78. The van der Waals surface area contributed by atoms with Crippen molar-refractivity contribution in [3.63, 3.8) is 0 Å². The summed E-state index contributed by atoms with van der Waals surface area (Å²) in [4.78, 5) is 12.6. The summed E-state index contributed by atoms with van der Waals surface area (Å²) in [7, 11) is -3.24. The van der Waals surface area contributed by atoms with Gasteiger partial charge in [0.2, 0.25) is 10.0 Å². The first kappa shape index (κ1) is 21.4. The van der Waals surface area contributed by atoms with Crippen LogP contribution in [0.5, 0.6) is 0 Å². The Morgan fingerprint density at radius 3 is 2.52 bits per heavy atom. The molecular formula is C25H28N2O3S. The standard InChI is InChI=1S/C25H28N2O3S/c1-19(17-22-9-6-8-20-7-2-3-10-24(20)22)18-26-25(28)21-11-13-23(14-12-21)27-15-4-5-16-31(27,29)30/h2-3,6-14,19H,4-5,15-18H2,1H3,(H,26,28). The molecule has 0 spiro atoms. The average molecular weight is 437 g/mol. The van der Waals surface area contributed by atoms with Gasteiger partial charge in [-0.15, -0.1) is 0 Å². The molecule has 0 aliphatic carbocycles. The maximum atomic E-state index is 12.6. The molecule has 1 N–H and O–H groups in total. The van der Waals surface area contributed by atoms with Gasteiger partial charge in [-0.1, -0.05) is 49.4 Å². The van der Waals surface area contributed by atoms with E-state index in [0.29, 0.717) is 30.8 Å². The highest BCUT2D eigenvalue weighted by molar-refractivity contribution is 7.92. The van der Waals surface area contributed by atoms with E-state index in [2.05, 4.69) is 48.6 Å². The first-order chi connectivity index (χ1) is 14.9. The van der Waals surface area contributed by atoms with Crippen LogP contribution in [-0.4, -0.2) is 33.2 Å². The predicted molar refractivity (Wildman–Crippen MR) is 126 cm³/mol. The molecule has 1 saturated heterocycles. The SMILES string of the molecule is CC(CNC(=O)c1ccc(N2CCCCS2(=O)=O)cc1)Cc1cccc2ccccc12. The number of anilines is 1. The summed E-state index contributed by atoms with van der Waals surface area (Å²) in [6.07, 6.45) is 2.44. The maximum Gasteiger partial charge on any atom is 0.251 e. The second kappa shape index (κ2) is 9.10. The summed E-state index contributed by atoms with van der Waals surface area (Å²) in [6.45, 7) is 3.20. The Morgan fingerprint density at radius 2 is 1.74 bits per heavy atom. The summed E-state index contributed by atoms with van der Waals surface area (Å²) in [5, 5.41) is 5.50. The topological polar surface area (TPSA) is 66.5 Å². The Kier molecular flexibility index (Phi) is 6.28. The van der Waals surface area contributed by atoms with Crippen molar-refractivity contribution in [1.29, 1.82) is 0 Å². The molecule has 31 heavy (non-hydrogen) atoms. The van der Waals surface area contributed by atoms with E-state index in [0.717, 1.165) is 12.8 Å². The van der Waals surface area contributed by atoms with Gasteiger partial charge in [0, 0.05) is 18.7 Å². The highest BCUT2D eigenvalue weighted by Crippen LogP contribution is 2.24. The van der Waals surface area contributed by atoms with E-state index in [9.17, 15) is 13.2 Å². The molecule has 0 radical (unpaired) electrons. The minimum atomic E-state index is -3.24. The molecule has 3 aromatic carbocycles. The van der Waals surface area contributed by atoms with Crippen molar-refractivity contribution in [3.05, 3.63) is 77.9 Å². The molecule has 3 aromatic rings. The molecule has 1 fully saturated rings. The highest BCUT2D eigenvalue weighted by atomic mass is 32.2. The molecule has 1 unspecified atom stereocenters. The third-order valence-electron chi connectivity index (χ3n) is 5.83. The molecule has 1 atom stereocenters. The number of carbonyl (C=O) groups excluding carboxylic acids is 1. The first-order valence-corrected chi connectivity index (χ1v) is 12.4. The molecule has 1 aliphatic heterocycles. The Labute approximate surface area is 184 Å². The van der Waals surface area contributed by atoms with Gasteiger partial charge in [0.15, 0.2) is 0 Å². The van der Waals surface area contributed by atoms with Gasteiger partial charge in [0.25, 0.3) is 5.91 Å². The summed E-state index contributed by atoms with van der Waals surface area (Å²) in [5.74, 6) is 0.328. The molecule has 5 nitrogen and oxygen atoms in total. The third-order valence-corrected chi connectivity index (χ3v) is 7.70. The summed E-state index contributed by atoms with van der Waals surface area (Å²) < 4.78 is 26.0. The Bertz CT molecular complexity index is 1170. The van der Waals surface area contributed by atoms with Gasteiger partial charge in [-0.25, -0.2) is 8.42 Å². The molecule has 162 valence electrons. The van der Waals surface area contributed by atoms with Crippen LogP contribution >= 0.6 is 0 Å². The van der Waals surface area contributed by atoms with E-state index in [1.165, 1.54) is 20.6 Å². The fraction of sp³-hybridized carbons (Fsp3) is 0.320. The molecule has 1 amide bonds. The van der Waals surface area contributed by atoms with Gasteiger partial charge in [-0.05, 0) is 65.8 Å². The minimum absolute atomic E-state index is 0.141. The second-order valence-corrected chi connectivity index (χ2v) is 10.3. The number of nitrogens with zero attached hydrogens (tertiary/aromatic N) is 1. The van der Waals surface area contributed by atoms with E-state index in [1.54, 1.807) is 24.3 Å². The minimum Gasteiger partial charge on any atom is -0.352 e. The van der Waals surface area contributed by atoms with Gasteiger partial charge >= 0.3 is 0 Å². The van der Waals surface area contributed by atoms with Gasteiger partial charge in [-0.2, -0.15) is 0 Å². The number of nitrogens with one attached hydrogen (secondary N) is 1. The van der Waals surface area contributed by atoms with Crippen LogP contribution in [-0.2, 0) is 16.4 Å². The van der Waals surface area contributed by atoms with Crippen LogP contribution in [0.2, 0.25) is 0 Å². The Hall–Kier alpha value is -2.86. The Balaban J connectivity index is 1.36. The van der Waals surface area contributed by atoms with Crippen molar-refractivity contribution < 1.29 is 13.2 Å². The van der Waals surface area contributed by atoms with E-state index in [4.69, 9.17) is 0 Å². The number of hydrogen-bond donors (Lipinski definition) is 1. The zero-order valence-electron chi connectivity index (χ0n) is 17.8. The van der Waals surface area contributed by atoms with Crippen LogP contribution in [0.4, 0.5) is 5.69 Å². The summed E-state index contributed by atoms with van der Waals surface area (Å²) in [6, 6.07) is 21.5. The van der Waals surface area contributed by atoms with Crippen molar-refractivity contribution in [2.45, 2.75) is 26.2 Å². The van der Waals surface area contributed by atoms with Crippen LogP contribution in [0, 0.1) is 5.92 Å².